The second-order valence-electron chi connectivity index (χ2n) is 4.86. The number of carbonyl (C=O) groups is 1. The number of nitrogens with one attached hydrogen (secondary N) is 2. The molecule has 1 fully saturated rings. The Bertz CT molecular complexity index is 428. The molecule has 0 aliphatic carbocycles. The van der Waals surface area contributed by atoms with Gasteiger partial charge in [-0.2, -0.15) is 0 Å². The first-order valence-electron chi connectivity index (χ1n) is 6.42. The van der Waals surface area contributed by atoms with Crippen molar-refractivity contribution in [1.29, 1.82) is 0 Å². The number of benzene rings is 1. The van der Waals surface area contributed by atoms with Crippen molar-refractivity contribution >= 4 is 5.91 Å². The molecule has 18 heavy (non-hydrogen) atoms. The molecule has 1 saturated heterocycles. The van der Waals surface area contributed by atoms with Crippen molar-refractivity contribution in [2.24, 2.45) is 5.92 Å². The minimum Gasteiger partial charge on any atom is -0.352 e. The van der Waals surface area contributed by atoms with Gasteiger partial charge in [-0.15, -0.1) is 0 Å². The summed E-state index contributed by atoms with van der Waals surface area (Å²) in [5.74, 6) is -0.0118. The van der Waals surface area contributed by atoms with E-state index in [0.717, 1.165) is 31.5 Å². The van der Waals surface area contributed by atoms with Gasteiger partial charge in [-0.3, -0.25) is 4.79 Å². The molecule has 0 saturated carbocycles. The Labute approximate surface area is 107 Å². The lowest BCUT2D eigenvalue weighted by atomic mass is 9.98. The maximum Gasteiger partial charge on any atom is 0.251 e. The minimum absolute atomic E-state index is 0.175. The molecule has 0 aromatic heterocycles. The fourth-order valence-corrected chi connectivity index (χ4v) is 2.26. The first kappa shape index (κ1) is 13.0. The van der Waals surface area contributed by atoms with E-state index in [4.69, 9.17) is 0 Å². The fourth-order valence-electron chi connectivity index (χ4n) is 2.26. The van der Waals surface area contributed by atoms with E-state index in [1.54, 1.807) is 6.07 Å². The Kier molecular flexibility index (Phi) is 4.31. The number of amides is 1. The van der Waals surface area contributed by atoms with Gasteiger partial charge in [0, 0.05) is 12.1 Å². The molecule has 1 aromatic carbocycles. The Hall–Kier alpha value is -1.42. The van der Waals surface area contributed by atoms with E-state index in [0.29, 0.717) is 18.0 Å². The fraction of sp³-hybridized carbons (Fsp3) is 0.500. The number of hydrogen-bond donors (Lipinski definition) is 2. The van der Waals surface area contributed by atoms with Crippen molar-refractivity contribution in [2.45, 2.75) is 19.8 Å². The van der Waals surface area contributed by atoms with Gasteiger partial charge in [-0.1, -0.05) is 6.07 Å². The van der Waals surface area contributed by atoms with Crippen LogP contribution < -0.4 is 10.6 Å². The van der Waals surface area contributed by atoms with Crippen LogP contribution in [0.1, 0.15) is 28.8 Å². The average molecular weight is 250 g/mol. The average Bonchev–Trinajstić information content (AvgIpc) is 2.40. The molecule has 98 valence electrons. The standard InChI is InChI=1S/C14H19FN2O/c1-10-2-3-12(15)8-13(10)14(18)17-9-11-4-6-16-7-5-11/h2-3,8,11,16H,4-7,9H2,1H3,(H,17,18). The van der Waals surface area contributed by atoms with E-state index >= 15 is 0 Å². The molecule has 2 N–H and O–H groups in total. The predicted octanol–water partition coefficient (Wildman–Crippen LogP) is 1.86. The van der Waals surface area contributed by atoms with Crippen molar-refractivity contribution in [1.82, 2.24) is 10.6 Å². The van der Waals surface area contributed by atoms with Crippen molar-refractivity contribution in [3.05, 3.63) is 35.1 Å². The molecular formula is C14H19FN2O. The van der Waals surface area contributed by atoms with Gasteiger partial charge in [0.15, 0.2) is 0 Å². The Morgan fingerprint density at radius 1 is 1.44 bits per heavy atom. The molecule has 0 radical (unpaired) electrons. The summed E-state index contributed by atoms with van der Waals surface area (Å²) in [5.41, 5.74) is 1.24. The zero-order valence-corrected chi connectivity index (χ0v) is 10.6. The molecule has 1 aliphatic rings. The predicted molar refractivity (Wildman–Crippen MR) is 69.1 cm³/mol. The number of rotatable bonds is 3. The van der Waals surface area contributed by atoms with Crippen molar-refractivity contribution in [3.63, 3.8) is 0 Å². The molecule has 1 heterocycles. The minimum atomic E-state index is -0.368. The highest BCUT2D eigenvalue weighted by molar-refractivity contribution is 5.95. The highest BCUT2D eigenvalue weighted by Crippen LogP contribution is 2.12. The number of piperidine rings is 1. The molecule has 1 aliphatic heterocycles. The molecule has 0 atom stereocenters. The van der Waals surface area contributed by atoms with Crippen LogP contribution in [0.3, 0.4) is 0 Å². The maximum atomic E-state index is 13.1. The Morgan fingerprint density at radius 2 is 2.17 bits per heavy atom. The first-order chi connectivity index (χ1) is 8.66. The van der Waals surface area contributed by atoms with Gasteiger partial charge in [0.2, 0.25) is 0 Å². The summed E-state index contributed by atoms with van der Waals surface area (Å²) >= 11 is 0. The lowest BCUT2D eigenvalue weighted by molar-refractivity contribution is 0.0943. The quantitative estimate of drug-likeness (QED) is 0.859. The van der Waals surface area contributed by atoms with Crippen molar-refractivity contribution in [2.75, 3.05) is 19.6 Å². The van der Waals surface area contributed by atoms with E-state index in [-0.39, 0.29) is 11.7 Å². The summed E-state index contributed by atoms with van der Waals surface area (Å²) in [4.78, 5) is 12.0. The van der Waals surface area contributed by atoms with Gasteiger partial charge >= 0.3 is 0 Å². The second-order valence-corrected chi connectivity index (χ2v) is 4.86. The van der Waals surface area contributed by atoms with E-state index in [9.17, 15) is 9.18 Å². The third kappa shape index (κ3) is 3.29. The maximum absolute atomic E-state index is 13.1. The van der Waals surface area contributed by atoms with Crippen molar-refractivity contribution < 1.29 is 9.18 Å². The normalized spacial score (nSPS) is 16.6. The van der Waals surface area contributed by atoms with Gasteiger partial charge in [0.1, 0.15) is 5.82 Å². The largest absolute Gasteiger partial charge is 0.352 e. The number of hydrogen-bond acceptors (Lipinski definition) is 2. The highest BCUT2D eigenvalue weighted by Gasteiger charge is 2.15. The molecule has 1 amide bonds. The smallest absolute Gasteiger partial charge is 0.251 e. The zero-order chi connectivity index (χ0) is 13.0. The summed E-state index contributed by atoms with van der Waals surface area (Å²) in [6.07, 6.45) is 2.17. The second kappa shape index (κ2) is 5.96. The van der Waals surface area contributed by atoms with Crippen LogP contribution in [-0.2, 0) is 0 Å². The molecule has 1 aromatic rings. The van der Waals surface area contributed by atoms with Crippen LogP contribution in [0, 0.1) is 18.7 Å². The monoisotopic (exact) mass is 250 g/mol. The Balaban J connectivity index is 1.92. The molecule has 0 unspecified atom stereocenters. The van der Waals surface area contributed by atoms with Crippen LogP contribution in [0.4, 0.5) is 4.39 Å². The summed E-state index contributed by atoms with van der Waals surface area (Å²) in [6, 6.07) is 4.31. The SMILES string of the molecule is Cc1ccc(F)cc1C(=O)NCC1CCNCC1. The molecule has 2 rings (SSSR count). The number of aryl methyl sites for hydroxylation is 1. The van der Waals surface area contributed by atoms with Crippen LogP contribution in [0.2, 0.25) is 0 Å². The molecule has 4 heteroatoms. The van der Waals surface area contributed by atoms with Gasteiger partial charge in [-0.05, 0) is 56.5 Å². The van der Waals surface area contributed by atoms with E-state index < -0.39 is 0 Å². The van der Waals surface area contributed by atoms with E-state index in [1.807, 2.05) is 6.92 Å². The molecule has 0 bridgehead atoms. The van der Waals surface area contributed by atoms with Crippen LogP contribution in [0.15, 0.2) is 18.2 Å². The summed E-state index contributed by atoms with van der Waals surface area (Å²) < 4.78 is 13.1. The first-order valence-corrected chi connectivity index (χ1v) is 6.42. The van der Waals surface area contributed by atoms with Crippen LogP contribution in [0.25, 0.3) is 0 Å². The third-order valence-electron chi connectivity index (χ3n) is 3.45. The van der Waals surface area contributed by atoms with Crippen LogP contribution in [0.5, 0.6) is 0 Å². The Morgan fingerprint density at radius 3 is 2.89 bits per heavy atom. The summed E-state index contributed by atoms with van der Waals surface area (Å²) in [7, 11) is 0. The van der Waals surface area contributed by atoms with Crippen LogP contribution in [-0.4, -0.2) is 25.5 Å². The number of halogens is 1. The molecule has 3 nitrogen and oxygen atoms in total. The van der Waals surface area contributed by atoms with E-state index in [1.165, 1.54) is 12.1 Å². The van der Waals surface area contributed by atoms with Crippen LogP contribution >= 0.6 is 0 Å². The van der Waals surface area contributed by atoms with Gasteiger partial charge in [0.25, 0.3) is 5.91 Å². The highest BCUT2D eigenvalue weighted by atomic mass is 19.1. The topological polar surface area (TPSA) is 41.1 Å². The van der Waals surface area contributed by atoms with Crippen molar-refractivity contribution in [3.8, 4) is 0 Å². The third-order valence-corrected chi connectivity index (χ3v) is 3.45. The van der Waals surface area contributed by atoms with E-state index in [2.05, 4.69) is 10.6 Å². The lowest BCUT2D eigenvalue weighted by Gasteiger charge is -2.22. The molecule has 0 spiro atoms. The number of carbonyl (C=O) groups excluding carboxylic acids is 1. The lowest BCUT2D eigenvalue weighted by Crippen LogP contribution is -2.36. The molecular weight excluding hydrogens is 231 g/mol. The van der Waals surface area contributed by atoms with Gasteiger partial charge in [-0.25, -0.2) is 4.39 Å². The zero-order valence-electron chi connectivity index (χ0n) is 10.6. The summed E-state index contributed by atoms with van der Waals surface area (Å²) in [5, 5.41) is 6.19. The van der Waals surface area contributed by atoms with Gasteiger partial charge in [0.05, 0.1) is 0 Å². The summed E-state index contributed by atoms with van der Waals surface area (Å²) in [6.45, 7) is 4.52. The van der Waals surface area contributed by atoms with Gasteiger partial charge < -0.3 is 10.6 Å².